The Morgan fingerprint density at radius 3 is 2.29 bits per heavy atom. The van der Waals surface area contributed by atoms with Crippen molar-refractivity contribution in [1.82, 2.24) is 0 Å². The summed E-state index contributed by atoms with van der Waals surface area (Å²) in [5.74, 6) is 0. The summed E-state index contributed by atoms with van der Waals surface area (Å²) in [6.45, 7) is 0.695. The van der Waals surface area contributed by atoms with E-state index in [-0.39, 0.29) is 0 Å². The molecule has 0 aliphatic rings. The van der Waals surface area contributed by atoms with Gasteiger partial charge in [-0.05, 0) is 22.8 Å². The van der Waals surface area contributed by atoms with E-state index in [1.165, 1.54) is 5.56 Å². The van der Waals surface area contributed by atoms with Gasteiger partial charge >= 0.3 is 0 Å². The predicted octanol–water partition coefficient (Wildman–Crippen LogP) is 6.87. The lowest BCUT2D eigenvalue weighted by molar-refractivity contribution is 0.670. The number of aliphatic imine (C=N–C) groups is 1. The summed E-state index contributed by atoms with van der Waals surface area (Å²) in [5, 5.41) is 2.31. The lowest BCUT2D eigenvalue weighted by Crippen LogP contribution is -1.85. The van der Waals surface area contributed by atoms with Crippen molar-refractivity contribution in [2.24, 2.45) is 4.99 Å². The minimum absolute atomic E-state index is 0.695. The largest absolute Gasteiger partial charge is 0.455 e. The van der Waals surface area contributed by atoms with E-state index < -0.39 is 0 Å². The number of furan rings is 1. The van der Waals surface area contributed by atoms with Gasteiger partial charge in [0, 0.05) is 22.6 Å². The van der Waals surface area contributed by atoms with Crippen molar-refractivity contribution < 1.29 is 4.42 Å². The van der Waals surface area contributed by atoms with Gasteiger partial charge in [-0.25, -0.2) is 0 Å². The topological polar surface area (TPSA) is 25.5 Å². The lowest BCUT2D eigenvalue weighted by atomic mass is 10.0. The summed E-state index contributed by atoms with van der Waals surface area (Å²) < 4.78 is 6.16. The number of hydrogen-bond acceptors (Lipinski definition) is 2. The SMILES string of the molecule is C(=N\Cc1ccccc1)/c1ccc(-c2cccc3c2oc2ccccc23)cc1. The summed E-state index contributed by atoms with van der Waals surface area (Å²) in [7, 11) is 0. The standard InChI is InChI=1S/C26H19NO/c1-2-7-19(8-3-1)17-27-18-20-13-15-21(16-14-20)22-10-6-11-24-23-9-4-5-12-25(23)28-26(22)24/h1-16,18H,17H2/b27-18+. The average Bonchev–Trinajstić information content (AvgIpc) is 3.14. The van der Waals surface area contributed by atoms with Crippen molar-refractivity contribution in [3.05, 3.63) is 108 Å². The minimum Gasteiger partial charge on any atom is -0.455 e. The normalized spacial score (nSPS) is 11.6. The summed E-state index contributed by atoms with van der Waals surface area (Å²) in [4.78, 5) is 4.55. The monoisotopic (exact) mass is 361 g/mol. The molecule has 0 spiro atoms. The molecule has 0 saturated heterocycles. The van der Waals surface area contributed by atoms with Crippen LogP contribution in [0, 0.1) is 0 Å². The van der Waals surface area contributed by atoms with Crippen LogP contribution in [0.5, 0.6) is 0 Å². The Kier molecular flexibility index (Phi) is 4.23. The highest BCUT2D eigenvalue weighted by Crippen LogP contribution is 2.35. The number of hydrogen-bond donors (Lipinski definition) is 0. The number of para-hydroxylation sites is 2. The maximum atomic E-state index is 6.16. The Labute approximate surface area is 163 Å². The van der Waals surface area contributed by atoms with Gasteiger partial charge in [0.05, 0.1) is 6.54 Å². The first-order chi connectivity index (χ1) is 13.9. The Hall–Kier alpha value is -3.65. The number of fused-ring (bicyclic) bond motifs is 3. The quantitative estimate of drug-likeness (QED) is 0.321. The number of rotatable bonds is 4. The molecular weight excluding hydrogens is 342 g/mol. The Morgan fingerprint density at radius 2 is 1.43 bits per heavy atom. The Balaban J connectivity index is 1.44. The van der Waals surface area contributed by atoms with E-state index in [1.54, 1.807) is 0 Å². The molecule has 0 radical (unpaired) electrons. The van der Waals surface area contributed by atoms with Crippen LogP contribution in [0.1, 0.15) is 11.1 Å². The molecule has 134 valence electrons. The zero-order valence-electron chi connectivity index (χ0n) is 15.4. The van der Waals surface area contributed by atoms with Crippen LogP contribution in [0.25, 0.3) is 33.1 Å². The van der Waals surface area contributed by atoms with E-state index in [0.717, 1.165) is 38.6 Å². The molecule has 4 aromatic carbocycles. The van der Waals surface area contributed by atoms with E-state index >= 15 is 0 Å². The van der Waals surface area contributed by atoms with Gasteiger partial charge in [0.15, 0.2) is 0 Å². The van der Waals surface area contributed by atoms with Crippen LogP contribution in [0.2, 0.25) is 0 Å². The van der Waals surface area contributed by atoms with Gasteiger partial charge in [-0.2, -0.15) is 0 Å². The fraction of sp³-hybridized carbons (Fsp3) is 0.0385. The molecule has 0 atom stereocenters. The van der Waals surface area contributed by atoms with Crippen molar-refractivity contribution >= 4 is 28.2 Å². The van der Waals surface area contributed by atoms with E-state index in [1.807, 2.05) is 42.6 Å². The highest BCUT2D eigenvalue weighted by atomic mass is 16.3. The van der Waals surface area contributed by atoms with Crippen LogP contribution in [0.15, 0.2) is 106 Å². The minimum atomic E-state index is 0.695. The second-order valence-electron chi connectivity index (χ2n) is 6.86. The summed E-state index contributed by atoms with van der Waals surface area (Å²) in [5.41, 5.74) is 6.43. The van der Waals surface area contributed by atoms with Gasteiger partial charge in [0.1, 0.15) is 11.2 Å². The Bertz CT molecular complexity index is 1260. The van der Waals surface area contributed by atoms with E-state index in [2.05, 4.69) is 65.7 Å². The molecule has 28 heavy (non-hydrogen) atoms. The van der Waals surface area contributed by atoms with Gasteiger partial charge in [-0.1, -0.05) is 91.0 Å². The molecule has 0 aliphatic heterocycles. The maximum Gasteiger partial charge on any atom is 0.143 e. The highest BCUT2D eigenvalue weighted by Gasteiger charge is 2.11. The molecule has 2 nitrogen and oxygen atoms in total. The van der Waals surface area contributed by atoms with Crippen molar-refractivity contribution in [1.29, 1.82) is 0 Å². The highest BCUT2D eigenvalue weighted by molar-refractivity contribution is 6.09. The van der Waals surface area contributed by atoms with Gasteiger partial charge < -0.3 is 4.42 Å². The molecule has 5 rings (SSSR count). The lowest BCUT2D eigenvalue weighted by Gasteiger charge is -2.03. The first-order valence-electron chi connectivity index (χ1n) is 9.43. The third kappa shape index (κ3) is 3.10. The van der Waals surface area contributed by atoms with Crippen LogP contribution in [0.3, 0.4) is 0 Å². The van der Waals surface area contributed by atoms with Crippen molar-refractivity contribution in [3.63, 3.8) is 0 Å². The predicted molar refractivity (Wildman–Crippen MR) is 117 cm³/mol. The second-order valence-corrected chi connectivity index (χ2v) is 6.86. The molecule has 0 amide bonds. The molecule has 0 aliphatic carbocycles. The van der Waals surface area contributed by atoms with Crippen LogP contribution in [0.4, 0.5) is 0 Å². The van der Waals surface area contributed by atoms with Gasteiger partial charge in [0.25, 0.3) is 0 Å². The zero-order chi connectivity index (χ0) is 18.8. The van der Waals surface area contributed by atoms with Crippen LogP contribution in [-0.4, -0.2) is 6.21 Å². The van der Waals surface area contributed by atoms with Gasteiger partial charge in [-0.3, -0.25) is 4.99 Å². The number of benzene rings is 4. The van der Waals surface area contributed by atoms with E-state index in [4.69, 9.17) is 4.42 Å². The van der Waals surface area contributed by atoms with E-state index in [9.17, 15) is 0 Å². The van der Waals surface area contributed by atoms with Crippen molar-refractivity contribution in [2.45, 2.75) is 6.54 Å². The van der Waals surface area contributed by atoms with Crippen molar-refractivity contribution in [2.75, 3.05) is 0 Å². The molecule has 1 heterocycles. The first kappa shape index (κ1) is 16.5. The maximum absolute atomic E-state index is 6.16. The number of nitrogens with zero attached hydrogens (tertiary/aromatic N) is 1. The van der Waals surface area contributed by atoms with Gasteiger partial charge in [0.2, 0.25) is 0 Å². The van der Waals surface area contributed by atoms with Gasteiger partial charge in [-0.15, -0.1) is 0 Å². The molecule has 0 fully saturated rings. The molecule has 0 bridgehead atoms. The second kappa shape index (κ2) is 7.16. The molecule has 0 N–H and O–H groups in total. The van der Waals surface area contributed by atoms with Crippen LogP contribution < -0.4 is 0 Å². The third-order valence-corrected chi connectivity index (χ3v) is 4.98. The molecule has 2 heteroatoms. The average molecular weight is 361 g/mol. The smallest absolute Gasteiger partial charge is 0.143 e. The zero-order valence-corrected chi connectivity index (χ0v) is 15.4. The van der Waals surface area contributed by atoms with Crippen LogP contribution >= 0.6 is 0 Å². The van der Waals surface area contributed by atoms with Crippen LogP contribution in [-0.2, 0) is 6.54 Å². The molecule has 1 aromatic heterocycles. The fourth-order valence-corrected chi connectivity index (χ4v) is 3.56. The molecule has 0 saturated carbocycles. The Morgan fingerprint density at radius 1 is 0.679 bits per heavy atom. The first-order valence-corrected chi connectivity index (χ1v) is 9.43. The van der Waals surface area contributed by atoms with Crippen molar-refractivity contribution in [3.8, 4) is 11.1 Å². The summed E-state index contributed by atoms with van der Waals surface area (Å²) >= 11 is 0. The summed E-state index contributed by atoms with van der Waals surface area (Å²) in [6.07, 6.45) is 1.93. The van der Waals surface area contributed by atoms with E-state index in [0.29, 0.717) is 6.54 Å². The molecular formula is C26H19NO. The fourth-order valence-electron chi connectivity index (χ4n) is 3.56. The third-order valence-electron chi connectivity index (χ3n) is 4.98. The summed E-state index contributed by atoms with van der Waals surface area (Å²) in [6, 6.07) is 33.3. The molecule has 0 unspecified atom stereocenters. The molecule has 5 aromatic rings.